The van der Waals surface area contributed by atoms with Crippen LogP contribution in [-0.4, -0.2) is 32.3 Å². The molecule has 0 unspecified atom stereocenters. The second kappa shape index (κ2) is 8.13. The third-order valence-electron chi connectivity index (χ3n) is 5.29. The Kier molecular flexibility index (Phi) is 5.85. The van der Waals surface area contributed by atoms with E-state index in [9.17, 15) is 13.2 Å². The van der Waals surface area contributed by atoms with Crippen molar-refractivity contribution in [2.75, 3.05) is 11.8 Å². The first-order chi connectivity index (χ1) is 12.9. The Hall–Kier alpha value is -2.34. The van der Waals surface area contributed by atoms with Gasteiger partial charge in [0.05, 0.1) is 4.90 Å². The second-order valence-electron chi connectivity index (χ2n) is 7.33. The summed E-state index contributed by atoms with van der Waals surface area (Å²) in [4.78, 5) is 14.8. The number of carbonyl (C=O) groups excluding carboxylic acids is 1. The Balaban J connectivity index is 1.67. The summed E-state index contributed by atoms with van der Waals surface area (Å²) in [7, 11) is -1.77. The zero-order valence-corrected chi connectivity index (χ0v) is 16.6. The fourth-order valence-electron chi connectivity index (χ4n) is 3.49. The van der Waals surface area contributed by atoms with Gasteiger partial charge in [0.25, 0.3) is 15.9 Å². The summed E-state index contributed by atoms with van der Waals surface area (Å²) in [6.07, 6.45) is 4.39. The third kappa shape index (κ3) is 4.69. The maximum absolute atomic E-state index is 12.7. The predicted molar refractivity (Wildman–Crippen MR) is 107 cm³/mol. The Bertz CT molecular complexity index is 871. The highest BCUT2D eigenvalue weighted by Crippen LogP contribution is 2.27. The molecule has 6 heteroatoms. The molecule has 3 rings (SSSR count). The van der Waals surface area contributed by atoms with Crippen molar-refractivity contribution in [2.24, 2.45) is 5.92 Å². The molecule has 1 aliphatic carbocycles. The monoisotopic (exact) mass is 386 g/mol. The molecule has 5 nitrogen and oxygen atoms in total. The zero-order valence-electron chi connectivity index (χ0n) is 15.8. The molecule has 0 saturated heterocycles. The van der Waals surface area contributed by atoms with Crippen LogP contribution in [0.1, 0.15) is 43.0 Å². The van der Waals surface area contributed by atoms with Gasteiger partial charge in [-0.2, -0.15) is 0 Å². The molecule has 1 amide bonds. The van der Waals surface area contributed by atoms with Gasteiger partial charge in [-0.1, -0.05) is 25.1 Å². The first-order valence-corrected chi connectivity index (χ1v) is 10.8. The summed E-state index contributed by atoms with van der Waals surface area (Å²) in [5.41, 5.74) is 1.00. The van der Waals surface area contributed by atoms with Crippen molar-refractivity contribution in [1.29, 1.82) is 0 Å². The van der Waals surface area contributed by atoms with Gasteiger partial charge < -0.3 is 4.90 Å². The maximum atomic E-state index is 12.7. The molecule has 0 spiro atoms. The molecule has 144 valence electrons. The van der Waals surface area contributed by atoms with E-state index in [0.717, 1.165) is 31.6 Å². The van der Waals surface area contributed by atoms with Gasteiger partial charge in [-0.15, -0.1) is 0 Å². The highest BCUT2D eigenvalue weighted by atomic mass is 32.2. The van der Waals surface area contributed by atoms with E-state index >= 15 is 0 Å². The van der Waals surface area contributed by atoms with Crippen LogP contribution in [0.5, 0.6) is 0 Å². The van der Waals surface area contributed by atoms with E-state index in [0.29, 0.717) is 11.3 Å². The van der Waals surface area contributed by atoms with Gasteiger partial charge in [-0.25, -0.2) is 8.42 Å². The maximum Gasteiger partial charge on any atom is 0.261 e. The van der Waals surface area contributed by atoms with Crippen LogP contribution in [0.3, 0.4) is 0 Å². The highest BCUT2D eigenvalue weighted by Gasteiger charge is 2.25. The molecule has 0 atom stereocenters. The van der Waals surface area contributed by atoms with Gasteiger partial charge in [0.1, 0.15) is 0 Å². The van der Waals surface area contributed by atoms with Crippen LogP contribution >= 0.6 is 0 Å². The predicted octanol–water partition coefficient (Wildman–Crippen LogP) is 4.14. The van der Waals surface area contributed by atoms with Gasteiger partial charge in [0.2, 0.25) is 0 Å². The lowest BCUT2D eigenvalue weighted by Gasteiger charge is -2.33. The van der Waals surface area contributed by atoms with Crippen molar-refractivity contribution in [3.63, 3.8) is 0 Å². The molecule has 0 aromatic heterocycles. The minimum Gasteiger partial charge on any atom is -0.339 e. The number of hydrogen-bond donors (Lipinski definition) is 1. The normalized spacial score (nSPS) is 20.1. The number of carbonyl (C=O) groups is 1. The highest BCUT2D eigenvalue weighted by molar-refractivity contribution is 7.92. The molecule has 2 aromatic carbocycles. The summed E-state index contributed by atoms with van der Waals surface area (Å²) in [5.74, 6) is 0.716. The van der Waals surface area contributed by atoms with Crippen molar-refractivity contribution in [1.82, 2.24) is 4.90 Å². The molecule has 27 heavy (non-hydrogen) atoms. The fraction of sp³-hybridized carbons (Fsp3) is 0.381. The number of rotatable bonds is 5. The average Bonchev–Trinajstić information content (AvgIpc) is 2.68. The Morgan fingerprint density at radius 3 is 2.15 bits per heavy atom. The number of amides is 1. The molecule has 1 saturated carbocycles. The summed E-state index contributed by atoms with van der Waals surface area (Å²) >= 11 is 0. The topological polar surface area (TPSA) is 66.5 Å². The first kappa shape index (κ1) is 19.4. The van der Waals surface area contributed by atoms with Crippen LogP contribution in [0.4, 0.5) is 5.69 Å². The van der Waals surface area contributed by atoms with E-state index in [4.69, 9.17) is 0 Å². The van der Waals surface area contributed by atoms with Gasteiger partial charge in [-0.3, -0.25) is 9.52 Å². The van der Waals surface area contributed by atoms with Crippen molar-refractivity contribution in [3.8, 4) is 0 Å². The molecule has 0 heterocycles. The second-order valence-corrected chi connectivity index (χ2v) is 9.01. The quantitative estimate of drug-likeness (QED) is 0.840. The smallest absolute Gasteiger partial charge is 0.261 e. The van der Waals surface area contributed by atoms with Gasteiger partial charge >= 0.3 is 0 Å². The molecule has 0 bridgehead atoms. The van der Waals surface area contributed by atoms with Crippen molar-refractivity contribution >= 4 is 21.6 Å². The number of hydrogen-bond acceptors (Lipinski definition) is 3. The molecule has 0 radical (unpaired) electrons. The lowest BCUT2D eigenvalue weighted by atomic mass is 9.86. The molecule has 1 aliphatic rings. The largest absolute Gasteiger partial charge is 0.339 e. The van der Waals surface area contributed by atoms with E-state index in [2.05, 4.69) is 11.6 Å². The molecule has 0 aliphatic heterocycles. The molecule has 1 fully saturated rings. The average molecular weight is 387 g/mol. The van der Waals surface area contributed by atoms with E-state index in [1.807, 2.05) is 11.9 Å². The minimum absolute atomic E-state index is 0.0213. The number of nitrogens with one attached hydrogen (secondary N) is 1. The molecular formula is C21H26N2O3S. The fourth-order valence-corrected chi connectivity index (χ4v) is 4.57. The van der Waals surface area contributed by atoms with Crippen LogP contribution in [0.2, 0.25) is 0 Å². The van der Waals surface area contributed by atoms with Crippen molar-refractivity contribution in [2.45, 2.75) is 43.5 Å². The number of sulfonamides is 1. The van der Waals surface area contributed by atoms with Gasteiger partial charge in [-0.05, 0) is 68.0 Å². The van der Waals surface area contributed by atoms with Crippen LogP contribution < -0.4 is 4.72 Å². The number of benzene rings is 2. The number of anilines is 1. The van der Waals surface area contributed by atoms with Crippen LogP contribution in [0, 0.1) is 5.92 Å². The van der Waals surface area contributed by atoms with Crippen molar-refractivity contribution in [3.05, 3.63) is 60.2 Å². The third-order valence-corrected chi connectivity index (χ3v) is 6.69. The lowest BCUT2D eigenvalue weighted by Crippen LogP contribution is -2.39. The summed E-state index contributed by atoms with van der Waals surface area (Å²) in [5, 5.41) is 0. The minimum atomic E-state index is -3.63. The van der Waals surface area contributed by atoms with Crippen molar-refractivity contribution < 1.29 is 13.2 Å². The van der Waals surface area contributed by atoms with E-state index in [1.165, 1.54) is 0 Å². The first-order valence-electron chi connectivity index (χ1n) is 9.32. The molecule has 1 N–H and O–H groups in total. The SMILES string of the molecule is CC1CCC(N(C)C(=O)c2ccc(NS(=O)(=O)c3ccccc3)cc2)CC1. The van der Waals surface area contributed by atoms with Gasteiger partial charge in [0.15, 0.2) is 0 Å². The van der Waals surface area contributed by atoms with Crippen LogP contribution in [0.25, 0.3) is 0 Å². The summed E-state index contributed by atoms with van der Waals surface area (Å²) in [6.45, 7) is 2.26. The Morgan fingerprint density at radius 2 is 1.56 bits per heavy atom. The molecular weight excluding hydrogens is 360 g/mol. The van der Waals surface area contributed by atoms with E-state index in [1.54, 1.807) is 54.6 Å². The van der Waals surface area contributed by atoms with E-state index in [-0.39, 0.29) is 16.8 Å². The number of nitrogens with zero attached hydrogens (tertiary/aromatic N) is 1. The Labute approximate surface area is 161 Å². The summed E-state index contributed by atoms with van der Waals surface area (Å²) in [6, 6.07) is 15.1. The standard InChI is InChI=1S/C21H26N2O3S/c1-16-8-14-19(15-9-16)23(2)21(24)17-10-12-18(13-11-17)22-27(25,26)20-6-4-3-5-7-20/h3-7,10-13,16,19,22H,8-9,14-15H2,1-2H3. The van der Waals surface area contributed by atoms with Gasteiger partial charge in [0, 0.05) is 24.3 Å². The molecule has 2 aromatic rings. The van der Waals surface area contributed by atoms with Crippen LogP contribution in [0.15, 0.2) is 59.5 Å². The Morgan fingerprint density at radius 1 is 0.963 bits per heavy atom. The van der Waals surface area contributed by atoms with E-state index < -0.39 is 10.0 Å². The van der Waals surface area contributed by atoms with Crippen LogP contribution in [-0.2, 0) is 10.0 Å². The zero-order chi connectivity index (χ0) is 19.4. The summed E-state index contributed by atoms with van der Waals surface area (Å²) < 4.78 is 27.3. The lowest BCUT2D eigenvalue weighted by molar-refractivity contribution is 0.0679.